The third-order valence-electron chi connectivity index (χ3n) is 4.21. The summed E-state index contributed by atoms with van der Waals surface area (Å²) in [5.74, 6) is -1.26. The number of nitrogens with two attached hydrogens (primary N) is 1. The Morgan fingerprint density at radius 3 is 2.67 bits per heavy atom. The molecule has 6 nitrogen and oxygen atoms in total. The van der Waals surface area contributed by atoms with Gasteiger partial charge in [0.25, 0.3) is 5.91 Å². The number of fused-ring (bicyclic) bond motifs is 1. The number of carbonyl (C=O) groups excluding carboxylic acids is 3. The Labute approximate surface area is 155 Å². The summed E-state index contributed by atoms with van der Waals surface area (Å²) in [6.45, 7) is 0. The Bertz CT molecular complexity index is 1060. The van der Waals surface area contributed by atoms with E-state index in [1.807, 2.05) is 36.4 Å². The summed E-state index contributed by atoms with van der Waals surface area (Å²) in [6.07, 6.45) is 4.24. The van der Waals surface area contributed by atoms with Gasteiger partial charge >= 0.3 is 5.97 Å². The molecule has 0 saturated heterocycles. The van der Waals surface area contributed by atoms with Crippen LogP contribution in [0.15, 0.2) is 60.8 Å². The lowest BCUT2D eigenvalue weighted by molar-refractivity contribution is -0.135. The minimum absolute atomic E-state index is 0.164. The standard InChI is InChI=1S/C21H18N2O4/c1-27-19(25)8-5-15(24)12-13-3-2-4-14(11-13)16-6-7-18(21(22)26)20-17(16)9-10-23-20/h2-11,23H,12H2,1H3,(H2,22,26)/b8-5+. The van der Waals surface area contributed by atoms with Crippen molar-refractivity contribution in [2.45, 2.75) is 6.42 Å². The fraction of sp³-hybridized carbons (Fsp3) is 0.0952. The van der Waals surface area contributed by atoms with Gasteiger partial charge in [-0.15, -0.1) is 0 Å². The van der Waals surface area contributed by atoms with E-state index in [1.165, 1.54) is 13.2 Å². The maximum absolute atomic E-state index is 12.0. The predicted octanol–water partition coefficient (Wildman–Crippen LogP) is 2.77. The maximum atomic E-state index is 12.0. The molecule has 3 rings (SSSR count). The molecule has 0 aliphatic carbocycles. The van der Waals surface area contributed by atoms with Crippen LogP contribution in [0.2, 0.25) is 0 Å². The van der Waals surface area contributed by atoms with E-state index in [-0.39, 0.29) is 12.2 Å². The molecule has 0 spiro atoms. The Balaban J connectivity index is 1.91. The average molecular weight is 362 g/mol. The summed E-state index contributed by atoms with van der Waals surface area (Å²) >= 11 is 0. The maximum Gasteiger partial charge on any atom is 0.330 e. The number of primary amides is 1. The van der Waals surface area contributed by atoms with Crippen molar-refractivity contribution in [3.05, 3.63) is 71.9 Å². The number of esters is 1. The van der Waals surface area contributed by atoms with Gasteiger partial charge in [-0.2, -0.15) is 0 Å². The summed E-state index contributed by atoms with van der Waals surface area (Å²) < 4.78 is 4.47. The van der Waals surface area contributed by atoms with Gasteiger partial charge in [0, 0.05) is 24.1 Å². The van der Waals surface area contributed by atoms with Crippen molar-refractivity contribution in [2.75, 3.05) is 7.11 Å². The van der Waals surface area contributed by atoms with Gasteiger partial charge in [-0.05, 0) is 34.9 Å². The van der Waals surface area contributed by atoms with Crippen LogP contribution in [0.3, 0.4) is 0 Å². The number of aromatic amines is 1. The monoisotopic (exact) mass is 362 g/mol. The van der Waals surface area contributed by atoms with Crippen molar-refractivity contribution in [3.8, 4) is 11.1 Å². The number of nitrogens with one attached hydrogen (secondary N) is 1. The quantitative estimate of drug-likeness (QED) is 0.520. The first-order chi connectivity index (χ1) is 13.0. The molecule has 0 bridgehead atoms. The molecule has 3 aromatic rings. The van der Waals surface area contributed by atoms with Gasteiger partial charge in [0.1, 0.15) is 0 Å². The predicted molar refractivity (Wildman–Crippen MR) is 102 cm³/mol. The van der Waals surface area contributed by atoms with Crippen molar-refractivity contribution in [1.29, 1.82) is 0 Å². The van der Waals surface area contributed by atoms with Gasteiger partial charge in [0.15, 0.2) is 5.78 Å². The van der Waals surface area contributed by atoms with Crippen LogP contribution in [0.5, 0.6) is 0 Å². The van der Waals surface area contributed by atoms with Crippen molar-refractivity contribution >= 4 is 28.6 Å². The average Bonchev–Trinajstić information content (AvgIpc) is 3.15. The lowest BCUT2D eigenvalue weighted by atomic mass is 9.96. The lowest BCUT2D eigenvalue weighted by Crippen LogP contribution is -2.11. The number of hydrogen-bond donors (Lipinski definition) is 2. The normalized spacial score (nSPS) is 11.0. The van der Waals surface area contributed by atoms with Crippen molar-refractivity contribution in [1.82, 2.24) is 4.98 Å². The zero-order valence-corrected chi connectivity index (χ0v) is 14.7. The molecule has 0 saturated carbocycles. The van der Waals surface area contributed by atoms with Gasteiger partial charge < -0.3 is 15.5 Å². The Kier molecular flexibility index (Phi) is 5.17. The molecular formula is C21H18N2O4. The van der Waals surface area contributed by atoms with Crippen molar-refractivity contribution in [3.63, 3.8) is 0 Å². The summed E-state index contributed by atoms with van der Waals surface area (Å²) in [7, 11) is 1.26. The van der Waals surface area contributed by atoms with Crippen LogP contribution in [0.25, 0.3) is 22.0 Å². The number of amides is 1. The van der Waals surface area contributed by atoms with Crippen molar-refractivity contribution < 1.29 is 19.1 Å². The second-order valence-corrected chi connectivity index (χ2v) is 5.99. The summed E-state index contributed by atoms with van der Waals surface area (Å²) in [4.78, 5) is 37.7. The molecule has 1 amide bonds. The Morgan fingerprint density at radius 1 is 1.11 bits per heavy atom. The second kappa shape index (κ2) is 7.70. The first-order valence-corrected chi connectivity index (χ1v) is 8.27. The van der Waals surface area contributed by atoms with Crippen molar-refractivity contribution in [2.24, 2.45) is 5.73 Å². The van der Waals surface area contributed by atoms with Gasteiger partial charge in [-0.1, -0.05) is 30.3 Å². The molecule has 6 heteroatoms. The lowest BCUT2D eigenvalue weighted by Gasteiger charge is -2.08. The molecule has 0 unspecified atom stereocenters. The van der Waals surface area contributed by atoms with Gasteiger partial charge in [-0.25, -0.2) is 4.79 Å². The molecule has 3 N–H and O–H groups in total. The highest BCUT2D eigenvalue weighted by Crippen LogP contribution is 2.30. The number of methoxy groups -OCH3 is 1. The second-order valence-electron chi connectivity index (χ2n) is 5.99. The number of allylic oxidation sites excluding steroid dienone is 1. The van der Waals surface area contributed by atoms with E-state index < -0.39 is 11.9 Å². The van der Waals surface area contributed by atoms with E-state index in [4.69, 9.17) is 5.73 Å². The number of H-pyrrole nitrogens is 1. The molecule has 0 aliphatic heterocycles. The van der Waals surface area contributed by atoms with E-state index >= 15 is 0 Å². The molecule has 27 heavy (non-hydrogen) atoms. The summed E-state index contributed by atoms with van der Waals surface area (Å²) in [5, 5.41) is 0.875. The minimum Gasteiger partial charge on any atom is -0.466 e. The van der Waals surface area contributed by atoms with E-state index in [2.05, 4.69) is 9.72 Å². The molecule has 136 valence electrons. The van der Waals surface area contributed by atoms with E-state index in [0.717, 1.165) is 28.2 Å². The number of rotatable bonds is 6. The van der Waals surface area contributed by atoms with E-state index in [0.29, 0.717) is 11.1 Å². The van der Waals surface area contributed by atoms with Crippen LogP contribution in [0.4, 0.5) is 0 Å². The molecule has 1 heterocycles. The minimum atomic E-state index is -0.568. The smallest absolute Gasteiger partial charge is 0.330 e. The zero-order valence-electron chi connectivity index (χ0n) is 14.7. The van der Waals surface area contributed by atoms with Crippen LogP contribution >= 0.6 is 0 Å². The fourth-order valence-electron chi connectivity index (χ4n) is 2.95. The molecule has 0 aliphatic rings. The number of carbonyl (C=O) groups is 3. The summed E-state index contributed by atoms with van der Waals surface area (Å²) in [6, 6.07) is 13.0. The summed E-state index contributed by atoms with van der Waals surface area (Å²) in [5.41, 5.74) is 9.20. The fourth-order valence-corrected chi connectivity index (χ4v) is 2.95. The molecule has 2 aromatic carbocycles. The topological polar surface area (TPSA) is 102 Å². The third kappa shape index (κ3) is 3.95. The van der Waals surface area contributed by atoms with Crippen LogP contribution < -0.4 is 5.73 Å². The number of benzene rings is 2. The highest BCUT2D eigenvalue weighted by molar-refractivity contribution is 6.09. The SMILES string of the molecule is COC(=O)/C=C/C(=O)Cc1cccc(-c2ccc(C(N)=O)c3[nH]ccc23)c1. The molecule has 0 fully saturated rings. The van der Waals surface area contributed by atoms with Gasteiger partial charge in [0.2, 0.25) is 0 Å². The first-order valence-electron chi connectivity index (χ1n) is 8.27. The molecular weight excluding hydrogens is 344 g/mol. The number of hydrogen-bond acceptors (Lipinski definition) is 4. The van der Waals surface area contributed by atoms with Gasteiger partial charge in [-0.3, -0.25) is 9.59 Å². The van der Waals surface area contributed by atoms with E-state index in [1.54, 1.807) is 12.3 Å². The highest BCUT2D eigenvalue weighted by atomic mass is 16.5. The van der Waals surface area contributed by atoms with Crippen LogP contribution in [0, 0.1) is 0 Å². The van der Waals surface area contributed by atoms with Crippen LogP contribution in [-0.2, 0) is 20.7 Å². The van der Waals surface area contributed by atoms with Crippen LogP contribution in [-0.4, -0.2) is 29.8 Å². The first kappa shape index (κ1) is 18.1. The number of ether oxygens (including phenoxy) is 1. The van der Waals surface area contributed by atoms with Crippen LogP contribution in [0.1, 0.15) is 15.9 Å². The molecule has 0 atom stereocenters. The number of aromatic nitrogens is 1. The Morgan fingerprint density at radius 2 is 1.93 bits per heavy atom. The molecule has 0 radical (unpaired) electrons. The van der Waals surface area contributed by atoms with Gasteiger partial charge in [0.05, 0.1) is 18.2 Å². The van der Waals surface area contributed by atoms with E-state index in [9.17, 15) is 14.4 Å². The zero-order chi connectivity index (χ0) is 19.4. The third-order valence-corrected chi connectivity index (χ3v) is 4.21. The Hall–Kier alpha value is -3.67. The molecule has 1 aromatic heterocycles. The highest BCUT2D eigenvalue weighted by Gasteiger charge is 2.12. The number of ketones is 1. The largest absolute Gasteiger partial charge is 0.466 e.